The van der Waals surface area contributed by atoms with E-state index in [9.17, 15) is 9.59 Å². The van der Waals surface area contributed by atoms with Crippen molar-refractivity contribution in [3.05, 3.63) is 54.1 Å². The first kappa shape index (κ1) is 13.9. The molecular formula is C15H16N2O3. The molecule has 0 bridgehead atoms. The van der Waals surface area contributed by atoms with Gasteiger partial charge in [-0.2, -0.15) is 0 Å². The number of carbonyl (C=O) groups is 2. The number of nitrogens with one attached hydrogen (secondary N) is 2. The Morgan fingerprint density at radius 3 is 2.60 bits per heavy atom. The summed E-state index contributed by atoms with van der Waals surface area (Å²) in [6, 6.07) is 9.22. The van der Waals surface area contributed by atoms with Crippen molar-refractivity contribution in [1.82, 2.24) is 5.43 Å². The van der Waals surface area contributed by atoms with Gasteiger partial charge in [0.1, 0.15) is 0 Å². The molecule has 0 fully saturated rings. The normalized spacial score (nSPS) is 20.9. The third-order valence-electron chi connectivity index (χ3n) is 3.21. The number of para-hydroxylation sites is 1. The van der Waals surface area contributed by atoms with Gasteiger partial charge in [-0.15, -0.1) is 0 Å². The SMILES string of the molecule is CC1(C(=O)NNc2ccccc2)C=CC=C(C(=O)O)C1. The number of carboxylic acid groups (broad SMARTS) is 1. The van der Waals surface area contributed by atoms with Gasteiger partial charge in [0.2, 0.25) is 5.91 Å². The van der Waals surface area contributed by atoms with Crippen LogP contribution in [-0.2, 0) is 9.59 Å². The van der Waals surface area contributed by atoms with Crippen LogP contribution in [0.1, 0.15) is 13.3 Å². The summed E-state index contributed by atoms with van der Waals surface area (Å²) >= 11 is 0. The van der Waals surface area contributed by atoms with Gasteiger partial charge in [-0.3, -0.25) is 15.6 Å². The molecule has 0 saturated carbocycles. The number of rotatable bonds is 4. The zero-order chi connectivity index (χ0) is 14.6. The fraction of sp³-hybridized carbons (Fsp3) is 0.200. The standard InChI is InChI=1S/C15H16N2O3/c1-15(9-5-6-11(10-15)13(18)19)14(20)17-16-12-7-3-2-4-8-12/h2-9,16H,10H2,1H3,(H,17,20)(H,18,19). The van der Waals surface area contributed by atoms with Gasteiger partial charge in [0.15, 0.2) is 0 Å². The highest BCUT2D eigenvalue weighted by Gasteiger charge is 2.34. The first-order valence-electron chi connectivity index (χ1n) is 6.24. The van der Waals surface area contributed by atoms with Crippen LogP contribution in [0.25, 0.3) is 0 Å². The minimum Gasteiger partial charge on any atom is -0.478 e. The van der Waals surface area contributed by atoms with Crippen LogP contribution in [0.2, 0.25) is 0 Å². The second-order valence-corrected chi connectivity index (χ2v) is 4.90. The third-order valence-corrected chi connectivity index (χ3v) is 3.21. The zero-order valence-corrected chi connectivity index (χ0v) is 11.1. The largest absolute Gasteiger partial charge is 0.478 e. The van der Waals surface area contributed by atoms with Crippen LogP contribution >= 0.6 is 0 Å². The highest BCUT2D eigenvalue weighted by Crippen LogP contribution is 2.31. The Kier molecular flexibility index (Phi) is 3.89. The molecule has 1 unspecified atom stereocenters. The van der Waals surface area contributed by atoms with E-state index in [0.29, 0.717) is 0 Å². The van der Waals surface area contributed by atoms with Crippen molar-refractivity contribution in [3.8, 4) is 0 Å². The molecule has 1 aromatic rings. The van der Waals surface area contributed by atoms with Crippen molar-refractivity contribution >= 4 is 17.6 Å². The molecule has 0 spiro atoms. The van der Waals surface area contributed by atoms with Gasteiger partial charge < -0.3 is 5.11 Å². The monoisotopic (exact) mass is 272 g/mol. The lowest BCUT2D eigenvalue weighted by Crippen LogP contribution is -2.42. The highest BCUT2D eigenvalue weighted by atomic mass is 16.4. The number of benzene rings is 1. The van der Waals surface area contributed by atoms with Gasteiger partial charge >= 0.3 is 5.97 Å². The number of carboxylic acids is 1. The van der Waals surface area contributed by atoms with Gasteiger partial charge in [-0.05, 0) is 25.5 Å². The number of hydrogen-bond donors (Lipinski definition) is 3. The van der Waals surface area contributed by atoms with E-state index >= 15 is 0 Å². The molecule has 0 aromatic heterocycles. The highest BCUT2D eigenvalue weighted by molar-refractivity contribution is 5.92. The van der Waals surface area contributed by atoms with Crippen molar-refractivity contribution in [1.29, 1.82) is 0 Å². The predicted molar refractivity (Wildman–Crippen MR) is 75.8 cm³/mol. The van der Waals surface area contributed by atoms with Crippen LogP contribution in [-0.4, -0.2) is 17.0 Å². The number of hydrogen-bond acceptors (Lipinski definition) is 3. The minimum atomic E-state index is -0.996. The molecule has 0 radical (unpaired) electrons. The summed E-state index contributed by atoms with van der Waals surface area (Å²) in [5.41, 5.74) is 5.54. The zero-order valence-electron chi connectivity index (χ0n) is 11.1. The van der Waals surface area contributed by atoms with E-state index in [-0.39, 0.29) is 17.9 Å². The van der Waals surface area contributed by atoms with Crippen LogP contribution in [0.4, 0.5) is 5.69 Å². The summed E-state index contributed by atoms with van der Waals surface area (Å²) < 4.78 is 0. The van der Waals surface area contributed by atoms with E-state index < -0.39 is 11.4 Å². The van der Waals surface area contributed by atoms with Crippen molar-refractivity contribution in [2.75, 3.05) is 5.43 Å². The number of anilines is 1. The van der Waals surface area contributed by atoms with E-state index in [4.69, 9.17) is 5.11 Å². The average molecular weight is 272 g/mol. The van der Waals surface area contributed by atoms with Crippen LogP contribution in [0, 0.1) is 5.41 Å². The van der Waals surface area contributed by atoms with Gasteiger partial charge in [-0.25, -0.2) is 4.79 Å². The Balaban J connectivity index is 2.01. The Bertz CT molecular complexity index is 578. The summed E-state index contributed by atoms with van der Waals surface area (Å²) in [6.45, 7) is 1.71. The first-order chi connectivity index (χ1) is 9.51. The van der Waals surface area contributed by atoms with Crippen LogP contribution in [0.15, 0.2) is 54.1 Å². The van der Waals surface area contributed by atoms with Gasteiger partial charge in [0.05, 0.1) is 11.1 Å². The molecular weight excluding hydrogens is 256 g/mol. The number of allylic oxidation sites excluding steroid dienone is 2. The van der Waals surface area contributed by atoms with Crippen molar-refractivity contribution < 1.29 is 14.7 Å². The summed E-state index contributed by atoms with van der Waals surface area (Å²) in [7, 11) is 0. The van der Waals surface area contributed by atoms with Crippen LogP contribution in [0.5, 0.6) is 0 Å². The number of hydrazine groups is 1. The lowest BCUT2D eigenvalue weighted by molar-refractivity contribution is -0.133. The molecule has 1 aromatic carbocycles. The molecule has 1 amide bonds. The summed E-state index contributed by atoms with van der Waals surface area (Å²) in [5.74, 6) is -1.27. The average Bonchev–Trinajstić information content (AvgIpc) is 2.45. The number of amides is 1. The van der Waals surface area contributed by atoms with Gasteiger partial charge in [-0.1, -0.05) is 36.4 Å². The first-order valence-corrected chi connectivity index (χ1v) is 6.24. The Morgan fingerprint density at radius 1 is 1.25 bits per heavy atom. The maximum Gasteiger partial charge on any atom is 0.331 e. The molecule has 1 atom stereocenters. The lowest BCUT2D eigenvalue weighted by atomic mass is 9.79. The molecule has 104 valence electrons. The molecule has 1 aliphatic rings. The predicted octanol–water partition coefficient (Wildman–Crippen LogP) is 2.11. The van der Waals surface area contributed by atoms with E-state index in [1.54, 1.807) is 19.1 Å². The van der Waals surface area contributed by atoms with E-state index in [2.05, 4.69) is 10.9 Å². The van der Waals surface area contributed by atoms with E-state index in [0.717, 1.165) is 5.69 Å². The van der Waals surface area contributed by atoms with Crippen molar-refractivity contribution in [3.63, 3.8) is 0 Å². The Hall–Kier alpha value is -2.56. The summed E-state index contributed by atoms with van der Waals surface area (Å²) in [6.07, 6.45) is 5.00. The fourth-order valence-electron chi connectivity index (χ4n) is 1.99. The number of carbonyl (C=O) groups excluding carboxylic acids is 1. The second kappa shape index (κ2) is 5.61. The smallest absolute Gasteiger partial charge is 0.331 e. The Morgan fingerprint density at radius 2 is 1.95 bits per heavy atom. The molecule has 20 heavy (non-hydrogen) atoms. The quantitative estimate of drug-likeness (QED) is 0.733. The summed E-state index contributed by atoms with van der Waals surface area (Å²) in [4.78, 5) is 23.2. The summed E-state index contributed by atoms with van der Waals surface area (Å²) in [5, 5.41) is 9.01. The van der Waals surface area contributed by atoms with Gasteiger partial charge in [0.25, 0.3) is 0 Å². The Labute approximate surface area is 117 Å². The molecule has 1 aliphatic carbocycles. The van der Waals surface area contributed by atoms with Crippen molar-refractivity contribution in [2.24, 2.45) is 5.41 Å². The van der Waals surface area contributed by atoms with E-state index in [1.807, 2.05) is 30.3 Å². The van der Waals surface area contributed by atoms with Crippen LogP contribution < -0.4 is 10.9 Å². The van der Waals surface area contributed by atoms with Gasteiger partial charge in [0, 0.05) is 5.57 Å². The lowest BCUT2D eigenvalue weighted by Gasteiger charge is -2.27. The minimum absolute atomic E-state index is 0.168. The molecule has 5 nitrogen and oxygen atoms in total. The third kappa shape index (κ3) is 3.06. The van der Waals surface area contributed by atoms with Crippen LogP contribution in [0.3, 0.4) is 0 Å². The molecule has 3 N–H and O–H groups in total. The molecule has 0 heterocycles. The molecule has 0 saturated heterocycles. The fourth-order valence-corrected chi connectivity index (χ4v) is 1.99. The number of aliphatic carboxylic acids is 1. The maximum absolute atomic E-state index is 12.2. The molecule has 0 aliphatic heterocycles. The van der Waals surface area contributed by atoms with Crippen molar-refractivity contribution in [2.45, 2.75) is 13.3 Å². The topological polar surface area (TPSA) is 78.4 Å². The molecule has 2 rings (SSSR count). The maximum atomic E-state index is 12.2. The van der Waals surface area contributed by atoms with E-state index in [1.165, 1.54) is 6.08 Å². The second-order valence-electron chi connectivity index (χ2n) is 4.90. The molecule has 5 heteroatoms.